The predicted octanol–water partition coefficient (Wildman–Crippen LogP) is 2.57. The third-order valence-corrected chi connectivity index (χ3v) is 4.50. The van der Waals surface area contributed by atoms with Gasteiger partial charge in [0.25, 0.3) is 0 Å². The molecule has 6 heteroatoms. The van der Waals surface area contributed by atoms with Crippen LogP contribution in [0.3, 0.4) is 0 Å². The zero-order chi connectivity index (χ0) is 14.5. The average Bonchev–Trinajstić information content (AvgIpc) is 2.38. The molecule has 0 spiro atoms. The number of nitrogens with zero attached hydrogens (tertiary/aromatic N) is 2. The Hall–Kier alpha value is -1.61. The Morgan fingerprint density at radius 3 is 2.32 bits per heavy atom. The number of rotatable bonds is 6. The maximum Gasteiger partial charge on any atom is 0.243 e. The summed E-state index contributed by atoms with van der Waals surface area (Å²) in [7, 11) is -3.68. The van der Waals surface area contributed by atoms with Crippen LogP contribution in [0.1, 0.15) is 5.56 Å². The number of hydrogen-bond acceptors (Lipinski definition) is 3. The molecule has 100 valence electrons. The van der Waals surface area contributed by atoms with E-state index in [0.29, 0.717) is 0 Å². The minimum atomic E-state index is -3.68. The third kappa shape index (κ3) is 3.44. The monoisotopic (exact) mass is 296 g/mol. The molecule has 0 saturated carbocycles. The Morgan fingerprint density at radius 1 is 1.32 bits per heavy atom. The average molecular weight is 297 g/mol. The minimum Gasteiger partial charge on any atom is -0.207 e. The van der Waals surface area contributed by atoms with E-state index < -0.39 is 10.0 Å². The molecule has 0 radical (unpaired) electrons. The van der Waals surface area contributed by atoms with E-state index in [1.807, 2.05) is 6.07 Å². The normalized spacial score (nSPS) is 11.0. The van der Waals surface area contributed by atoms with Gasteiger partial charge in [-0.15, -0.1) is 13.2 Å². The molecule has 1 rings (SSSR count). The van der Waals surface area contributed by atoms with Crippen molar-refractivity contribution in [1.82, 2.24) is 4.31 Å². The molecule has 0 N–H and O–H groups in total. The van der Waals surface area contributed by atoms with Gasteiger partial charge in [0, 0.05) is 13.1 Å². The van der Waals surface area contributed by atoms with Crippen LogP contribution < -0.4 is 0 Å². The van der Waals surface area contributed by atoms with E-state index in [2.05, 4.69) is 13.2 Å². The van der Waals surface area contributed by atoms with Crippen molar-refractivity contribution in [3.8, 4) is 6.07 Å². The first kappa shape index (κ1) is 15.4. The molecular weight excluding hydrogens is 284 g/mol. The Balaban J connectivity index is 3.25. The van der Waals surface area contributed by atoms with Crippen molar-refractivity contribution in [3.05, 3.63) is 54.1 Å². The number of halogens is 1. The van der Waals surface area contributed by atoms with E-state index in [-0.39, 0.29) is 28.6 Å². The molecule has 1 aromatic carbocycles. The van der Waals surface area contributed by atoms with Crippen molar-refractivity contribution in [2.75, 3.05) is 13.1 Å². The molecule has 0 aliphatic rings. The van der Waals surface area contributed by atoms with E-state index in [1.165, 1.54) is 34.7 Å². The summed E-state index contributed by atoms with van der Waals surface area (Å²) in [6.07, 6.45) is 2.98. The van der Waals surface area contributed by atoms with Gasteiger partial charge in [-0.05, 0) is 18.2 Å². The zero-order valence-corrected chi connectivity index (χ0v) is 11.8. The first-order chi connectivity index (χ1) is 8.97. The summed E-state index contributed by atoms with van der Waals surface area (Å²) in [4.78, 5) is 0.0419. The summed E-state index contributed by atoms with van der Waals surface area (Å²) in [6, 6.07) is 5.90. The van der Waals surface area contributed by atoms with Crippen LogP contribution in [0.5, 0.6) is 0 Å². The topological polar surface area (TPSA) is 61.2 Å². The van der Waals surface area contributed by atoms with E-state index in [0.717, 1.165) is 0 Å². The molecule has 1 aromatic rings. The van der Waals surface area contributed by atoms with Gasteiger partial charge in [0.05, 0.1) is 15.5 Å². The Morgan fingerprint density at radius 2 is 1.89 bits per heavy atom. The van der Waals surface area contributed by atoms with Crippen LogP contribution in [-0.4, -0.2) is 25.8 Å². The van der Waals surface area contributed by atoms with E-state index >= 15 is 0 Å². The molecule has 0 unspecified atom stereocenters. The van der Waals surface area contributed by atoms with Gasteiger partial charge < -0.3 is 0 Å². The lowest BCUT2D eigenvalue weighted by atomic mass is 10.2. The first-order valence-electron chi connectivity index (χ1n) is 5.39. The summed E-state index contributed by atoms with van der Waals surface area (Å²) in [6.45, 7) is 7.40. The lowest BCUT2D eigenvalue weighted by Crippen LogP contribution is -2.31. The van der Waals surface area contributed by atoms with Crippen molar-refractivity contribution in [2.24, 2.45) is 0 Å². The Labute approximate surface area is 118 Å². The van der Waals surface area contributed by atoms with Crippen molar-refractivity contribution >= 4 is 21.6 Å². The molecule has 0 aliphatic carbocycles. The maximum atomic E-state index is 12.4. The van der Waals surface area contributed by atoms with Gasteiger partial charge in [-0.3, -0.25) is 0 Å². The molecule has 0 aliphatic heterocycles. The highest BCUT2D eigenvalue weighted by atomic mass is 35.5. The number of sulfonamides is 1. The highest BCUT2D eigenvalue weighted by molar-refractivity contribution is 7.89. The van der Waals surface area contributed by atoms with Crippen LogP contribution in [0.2, 0.25) is 5.02 Å². The number of nitriles is 1. The summed E-state index contributed by atoms with van der Waals surface area (Å²) >= 11 is 5.85. The van der Waals surface area contributed by atoms with Crippen LogP contribution in [0, 0.1) is 11.3 Å². The van der Waals surface area contributed by atoms with E-state index in [4.69, 9.17) is 16.9 Å². The minimum absolute atomic E-state index is 0.0419. The van der Waals surface area contributed by atoms with Crippen LogP contribution in [-0.2, 0) is 10.0 Å². The second-order valence-corrected chi connectivity index (χ2v) is 6.00. The van der Waals surface area contributed by atoms with Gasteiger partial charge in [-0.25, -0.2) is 8.42 Å². The highest BCUT2D eigenvalue weighted by Gasteiger charge is 2.23. The van der Waals surface area contributed by atoms with Crippen LogP contribution in [0.15, 0.2) is 48.4 Å². The molecule has 0 bridgehead atoms. The van der Waals surface area contributed by atoms with Crippen molar-refractivity contribution < 1.29 is 8.42 Å². The fourth-order valence-electron chi connectivity index (χ4n) is 1.45. The fourth-order valence-corrected chi connectivity index (χ4v) is 3.15. The standard InChI is InChI=1S/C13H13ClN2O2S/c1-3-7-16(8-4-2)19(17,18)12-6-5-11(10-15)13(14)9-12/h3-6,9H,1-2,7-8H2. The molecule has 0 aromatic heterocycles. The summed E-state index contributed by atoms with van der Waals surface area (Å²) < 4.78 is 25.9. The SMILES string of the molecule is C=CCN(CC=C)S(=O)(=O)c1ccc(C#N)c(Cl)c1. The quantitative estimate of drug-likeness (QED) is 0.758. The molecule has 0 saturated heterocycles. The van der Waals surface area contributed by atoms with Crippen molar-refractivity contribution in [3.63, 3.8) is 0 Å². The predicted molar refractivity (Wildman–Crippen MR) is 75.3 cm³/mol. The lowest BCUT2D eigenvalue weighted by molar-refractivity contribution is 0.474. The molecule has 0 atom stereocenters. The molecule has 0 heterocycles. The van der Waals surface area contributed by atoms with Crippen molar-refractivity contribution in [2.45, 2.75) is 4.90 Å². The second kappa shape index (κ2) is 6.53. The maximum absolute atomic E-state index is 12.4. The van der Waals surface area contributed by atoms with E-state index in [1.54, 1.807) is 0 Å². The number of benzene rings is 1. The fraction of sp³-hybridized carbons (Fsp3) is 0.154. The number of hydrogen-bond donors (Lipinski definition) is 0. The highest BCUT2D eigenvalue weighted by Crippen LogP contribution is 2.22. The molecule has 4 nitrogen and oxygen atoms in total. The Bertz CT molecular complexity index is 623. The van der Waals surface area contributed by atoms with Gasteiger partial charge in [0.2, 0.25) is 10.0 Å². The molecule has 19 heavy (non-hydrogen) atoms. The van der Waals surface area contributed by atoms with Gasteiger partial charge >= 0.3 is 0 Å². The summed E-state index contributed by atoms with van der Waals surface area (Å²) in [5.41, 5.74) is 0.236. The largest absolute Gasteiger partial charge is 0.243 e. The zero-order valence-electron chi connectivity index (χ0n) is 10.2. The van der Waals surface area contributed by atoms with Crippen LogP contribution in [0.4, 0.5) is 0 Å². The van der Waals surface area contributed by atoms with Gasteiger partial charge in [-0.2, -0.15) is 9.57 Å². The summed E-state index contributed by atoms with van der Waals surface area (Å²) in [5, 5.41) is 8.88. The van der Waals surface area contributed by atoms with Crippen molar-refractivity contribution in [1.29, 1.82) is 5.26 Å². The van der Waals surface area contributed by atoms with Gasteiger partial charge in [-0.1, -0.05) is 23.8 Å². The third-order valence-electron chi connectivity index (χ3n) is 2.36. The van der Waals surface area contributed by atoms with Crippen LogP contribution >= 0.6 is 11.6 Å². The Kier molecular flexibility index (Phi) is 5.31. The smallest absolute Gasteiger partial charge is 0.207 e. The molecular formula is C13H13ClN2O2S. The second-order valence-electron chi connectivity index (χ2n) is 3.65. The first-order valence-corrected chi connectivity index (χ1v) is 7.20. The lowest BCUT2D eigenvalue weighted by Gasteiger charge is -2.19. The van der Waals surface area contributed by atoms with E-state index in [9.17, 15) is 8.42 Å². The molecule has 0 amide bonds. The van der Waals surface area contributed by atoms with Gasteiger partial charge in [0.1, 0.15) is 6.07 Å². The van der Waals surface area contributed by atoms with Crippen LogP contribution in [0.25, 0.3) is 0 Å². The molecule has 0 fully saturated rings. The summed E-state index contributed by atoms with van der Waals surface area (Å²) in [5.74, 6) is 0. The van der Waals surface area contributed by atoms with Gasteiger partial charge in [0.15, 0.2) is 0 Å².